The van der Waals surface area contributed by atoms with Gasteiger partial charge in [-0.25, -0.2) is 9.97 Å². The Kier molecular flexibility index (Phi) is 4.18. The molecule has 29 heavy (non-hydrogen) atoms. The number of fused-ring (bicyclic) bond motifs is 4. The lowest BCUT2D eigenvalue weighted by atomic mass is 9.88. The third kappa shape index (κ3) is 2.92. The van der Waals surface area contributed by atoms with Crippen molar-refractivity contribution >= 4 is 39.4 Å². The third-order valence-electron chi connectivity index (χ3n) is 5.96. The average molecular weight is 411 g/mol. The zero-order valence-electron chi connectivity index (χ0n) is 16.2. The Morgan fingerprint density at radius 2 is 2.31 bits per heavy atom. The molecule has 9 heteroatoms. The van der Waals surface area contributed by atoms with Crippen LogP contribution in [0.1, 0.15) is 29.5 Å². The summed E-state index contributed by atoms with van der Waals surface area (Å²) in [5.74, 6) is -0.306. The van der Waals surface area contributed by atoms with Crippen LogP contribution < -0.4 is 5.32 Å². The first-order valence-electron chi connectivity index (χ1n) is 9.53. The Hall–Kier alpha value is -2.78. The zero-order valence-corrected chi connectivity index (χ0v) is 17.0. The summed E-state index contributed by atoms with van der Waals surface area (Å²) in [6, 6.07) is 1.96. The van der Waals surface area contributed by atoms with Crippen molar-refractivity contribution in [1.29, 1.82) is 0 Å². The average Bonchev–Trinajstić information content (AvgIpc) is 3.31. The molecule has 3 aromatic heterocycles. The van der Waals surface area contributed by atoms with E-state index in [1.807, 2.05) is 23.7 Å². The molecule has 0 bridgehead atoms. The molecule has 0 aromatic carbocycles. The van der Waals surface area contributed by atoms with Crippen molar-refractivity contribution in [3.63, 3.8) is 0 Å². The lowest BCUT2D eigenvalue weighted by Crippen LogP contribution is -2.41. The number of nitrogens with one attached hydrogen (secondary N) is 1. The van der Waals surface area contributed by atoms with Gasteiger partial charge in [0.05, 0.1) is 29.2 Å². The minimum absolute atomic E-state index is 0.321. The summed E-state index contributed by atoms with van der Waals surface area (Å²) < 4.78 is 7.76. The van der Waals surface area contributed by atoms with E-state index in [1.54, 1.807) is 31.0 Å². The Balaban J connectivity index is 1.57. The highest BCUT2D eigenvalue weighted by atomic mass is 32.1. The van der Waals surface area contributed by atoms with Crippen LogP contribution in [0.3, 0.4) is 0 Å². The van der Waals surface area contributed by atoms with Crippen molar-refractivity contribution in [1.82, 2.24) is 19.7 Å². The molecule has 1 aliphatic heterocycles. The minimum atomic E-state index is -0.725. The Morgan fingerprint density at radius 3 is 3.10 bits per heavy atom. The summed E-state index contributed by atoms with van der Waals surface area (Å²) in [5, 5.41) is 18.2. The molecule has 0 saturated heterocycles. The number of carbonyl (C=O) groups is 1. The van der Waals surface area contributed by atoms with Crippen molar-refractivity contribution in [3.8, 4) is 0 Å². The third-order valence-corrected chi connectivity index (χ3v) is 7.12. The van der Waals surface area contributed by atoms with E-state index in [2.05, 4.69) is 20.4 Å². The summed E-state index contributed by atoms with van der Waals surface area (Å²) >= 11 is 1.57. The molecular weight excluding hydrogens is 390 g/mol. The first-order chi connectivity index (χ1) is 14.0. The highest BCUT2D eigenvalue weighted by Crippen LogP contribution is 2.41. The molecule has 0 radical (unpaired) electrons. The summed E-state index contributed by atoms with van der Waals surface area (Å²) in [4.78, 5) is 22.4. The van der Waals surface area contributed by atoms with Crippen LogP contribution in [-0.2, 0) is 28.9 Å². The molecule has 4 heterocycles. The first kappa shape index (κ1) is 18.3. The molecule has 150 valence electrons. The van der Waals surface area contributed by atoms with Crippen LogP contribution in [0.2, 0.25) is 0 Å². The normalized spacial score (nSPS) is 23.4. The predicted octanol–water partition coefficient (Wildman–Crippen LogP) is 2.95. The van der Waals surface area contributed by atoms with Crippen LogP contribution in [0.5, 0.6) is 0 Å². The number of aromatic nitrogens is 4. The van der Waals surface area contributed by atoms with E-state index in [9.17, 15) is 9.90 Å². The fraction of sp³-hybridized carbons (Fsp3) is 0.400. The molecule has 8 nitrogen and oxygen atoms in total. The molecule has 0 saturated carbocycles. The van der Waals surface area contributed by atoms with Crippen molar-refractivity contribution in [3.05, 3.63) is 40.4 Å². The number of ether oxygens (including phenoxy) is 1. The van der Waals surface area contributed by atoms with Gasteiger partial charge < -0.3 is 15.2 Å². The number of methoxy groups -OCH3 is 1. The van der Waals surface area contributed by atoms with E-state index >= 15 is 0 Å². The van der Waals surface area contributed by atoms with Crippen LogP contribution in [0.25, 0.3) is 16.3 Å². The number of anilines is 1. The standard InChI is InChI=1S/C20H21N5O3S/c1-20(28-2)9-25-12(5-6-23-25)8-15(20)24-17-16-13-4-3-11(19(26)27)7-14(13)29-18(16)22-10-21-17/h5-6,8,10-11H,3-4,7,9H2,1-2H3,(H,26,27)(H,21,22,24). The number of rotatable bonds is 4. The van der Waals surface area contributed by atoms with Gasteiger partial charge in [-0.15, -0.1) is 11.3 Å². The number of hydrogen-bond acceptors (Lipinski definition) is 7. The monoisotopic (exact) mass is 411 g/mol. The van der Waals surface area contributed by atoms with Crippen molar-refractivity contribution < 1.29 is 14.6 Å². The van der Waals surface area contributed by atoms with Gasteiger partial charge in [0.15, 0.2) is 0 Å². The molecule has 2 unspecified atom stereocenters. The number of carboxylic acid groups (broad SMARTS) is 1. The van der Waals surface area contributed by atoms with Crippen LogP contribution in [0, 0.1) is 5.92 Å². The fourth-order valence-electron chi connectivity index (χ4n) is 4.16. The molecule has 1 aliphatic carbocycles. The molecule has 3 aromatic rings. The Labute approximate surface area is 171 Å². The van der Waals surface area contributed by atoms with Crippen LogP contribution in [-0.4, -0.2) is 43.5 Å². The van der Waals surface area contributed by atoms with Crippen LogP contribution in [0.15, 0.2) is 24.3 Å². The maximum absolute atomic E-state index is 11.4. The maximum atomic E-state index is 11.4. The highest BCUT2D eigenvalue weighted by Gasteiger charge is 2.35. The lowest BCUT2D eigenvalue weighted by molar-refractivity contribution is -0.142. The van der Waals surface area contributed by atoms with E-state index in [4.69, 9.17) is 4.74 Å². The number of hydrogen-bond donors (Lipinski definition) is 2. The molecule has 0 fully saturated rings. The molecule has 5 rings (SSSR count). The molecular formula is C20H21N5O3S. The Morgan fingerprint density at radius 1 is 1.45 bits per heavy atom. The zero-order chi connectivity index (χ0) is 20.2. The van der Waals surface area contributed by atoms with Gasteiger partial charge in [-0.1, -0.05) is 0 Å². The summed E-state index contributed by atoms with van der Waals surface area (Å²) in [7, 11) is 1.69. The van der Waals surface area contributed by atoms with Gasteiger partial charge in [-0.2, -0.15) is 5.10 Å². The predicted molar refractivity (Wildman–Crippen MR) is 110 cm³/mol. The quantitative estimate of drug-likeness (QED) is 0.680. The highest BCUT2D eigenvalue weighted by molar-refractivity contribution is 7.19. The largest absolute Gasteiger partial charge is 0.481 e. The van der Waals surface area contributed by atoms with Crippen molar-refractivity contribution in [2.75, 3.05) is 12.4 Å². The van der Waals surface area contributed by atoms with E-state index in [1.165, 1.54) is 5.56 Å². The molecule has 2 N–H and O–H groups in total. The molecule has 0 amide bonds. The lowest BCUT2D eigenvalue weighted by Gasteiger charge is -2.35. The van der Waals surface area contributed by atoms with Gasteiger partial charge in [0.25, 0.3) is 0 Å². The van der Waals surface area contributed by atoms with Crippen molar-refractivity contribution in [2.24, 2.45) is 5.92 Å². The second kappa shape index (κ2) is 6.64. The number of aliphatic carboxylic acids is 1. The summed E-state index contributed by atoms with van der Waals surface area (Å²) in [6.45, 7) is 2.62. The van der Waals surface area contributed by atoms with E-state index in [-0.39, 0.29) is 5.92 Å². The maximum Gasteiger partial charge on any atom is 0.306 e. The SMILES string of the molecule is COC1(C)Cn2nccc2C=C1Nc1ncnc2sc3c(c12)CCC(C(=O)O)C3. The molecule has 2 atom stereocenters. The second-order valence-electron chi connectivity index (χ2n) is 7.72. The van der Waals surface area contributed by atoms with E-state index < -0.39 is 11.6 Å². The first-order valence-corrected chi connectivity index (χ1v) is 10.3. The van der Waals surface area contributed by atoms with Gasteiger partial charge in [0.2, 0.25) is 0 Å². The van der Waals surface area contributed by atoms with Gasteiger partial charge in [0, 0.05) is 18.2 Å². The van der Waals surface area contributed by atoms with E-state index in [0.717, 1.165) is 38.7 Å². The second-order valence-corrected chi connectivity index (χ2v) is 8.80. The molecule has 2 aliphatic rings. The van der Waals surface area contributed by atoms with Gasteiger partial charge in [-0.05, 0) is 43.9 Å². The number of nitrogens with zero attached hydrogens (tertiary/aromatic N) is 4. The smallest absolute Gasteiger partial charge is 0.306 e. The van der Waals surface area contributed by atoms with Gasteiger partial charge in [0.1, 0.15) is 22.6 Å². The number of aryl methyl sites for hydroxylation is 1. The van der Waals surface area contributed by atoms with Gasteiger partial charge in [-0.3, -0.25) is 9.48 Å². The molecule has 0 spiro atoms. The van der Waals surface area contributed by atoms with Crippen LogP contribution in [0.4, 0.5) is 5.82 Å². The van der Waals surface area contributed by atoms with Gasteiger partial charge >= 0.3 is 5.97 Å². The van der Waals surface area contributed by atoms with E-state index in [0.29, 0.717) is 19.4 Å². The van der Waals surface area contributed by atoms with Crippen LogP contribution >= 0.6 is 11.3 Å². The Bertz CT molecular complexity index is 1150. The summed E-state index contributed by atoms with van der Waals surface area (Å²) in [5.41, 5.74) is 2.52. The summed E-state index contributed by atoms with van der Waals surface area (Å²) in [6.07, 6.45) is 7.29. The minimum Gasteiger partial charge on any atom is -0.481 e. The fourth-order valence-corrected chi connectivity index (χ4v) is 5.42. The topological polar surface area (TPSA) is 102 Å². The van der Waals surface area contributed by atoms with Crippen molar-refractivity contribution in [2.45, 2.75) is 38.3 Å². The number of carboxylic acids is 1. The number of thiophene rings is 1.